The third kappa shape index (κ3) is 3.71. The molecule has 24 heavy (non-hydrogen) atoms. The molecule has 0 unspecified atom stereocenters. The van der Waals surface area contributed by atoms with Gasteiger partial charge >= 0.3 is 0 Å². The lowest BCUT2D eigenvalue weighted by atomic mass is 10.1. The van der Waals surface area contributed by atoms with Crippen LogP contribution in [-0.2, 0) is 0 Å². The molecular weight excluding hydrogens is 318 g/mol. The van der Waals surface area contributed by atoms with Crippen molar-refractivity contribution in [1.82, 2.24) is 0 Å². The monoisotopic (exact) mass is 334 g/mol. The number of ketones is 1. The summed E-state index contributed by atoms with van der Waals surface area (Å²) >= 11 is 0. The SMILES string of the molecule is COc1cc(/C=C/C(=O)c2ccc(F)c(F)c2)cc(OC)c1OC. The highest BCUT2D eigenvalue weighted by Gasteiger charge is 2.12. The number of methoxy groups -OCH3 is 3. The van der Waals surface area contributed by atoms with Crippen molar-refractivity contribution in [3.63, 3.8) is 0 Å². The Labute approximate surface area is 138 Å². The summed E-state index contributed by atoms with van der Waals surface area (Å²) in [4.78, 5) is 12.1. The Hall–Kier alpha value is -2.89. The molecule has 0 aliphatic rings. The van der Waals surface area contributed by atoms with E-state index in [4.69, 9.17) is 14.2 Å². The van der Waals surface area contributed by atoms with E-state index in [2.05, 4.69) is 0 Å². The molecule has 0 atom stereocenters. The van der Waals surface area contributed by atoms with Crippen molar-refractivity contribution in [1.29, 1.82) is 0 Å². The maximum absolute atomic E-state index is 13.2. The predicted octanol–water partition coefficient (Wildman–Crippen LogP) is 3.89. The van der Waals surface area contributed by atoms with Gasteiger partial charge < -0.3 is 14.2 Å². The van der Waals surface area contributed by atoms with E-state index in [0.717, 1.165) is 12.1 Å². The molecule has 0 heterocycles. The van der Waals surface area contributed by atoms with E-state index in [0.29, 0.717) is 22.8 Å². The molecule has 0 aromatic heterocycles. The quantitative estimate of drug-likeness (QED) is 0.594. The van der Waals surface area contributed by atoms with Crippen LogP contribution in [0, 0.1) is 11.6 Å². The number of carbonyl (C=O) groups excluding carboxylic acids is 1. The van der Waals surface area contributed by atoms with Crippen molar-refractivity contribution in [2.45, 2.75) is 0 Å². The van der Waals surface area contributed by atoms with Crippen LogP contribution in [0.25, 0.3) is 6.08 Å². The number of hydrogen-bond donors (Lipinski definition) is 0. The predicted molar refractivity (Wildman–Crippen MR) is 85.8 cm³/mol. The summed E-state index contributed by atoms with van der Waals surface area (Å²) in [6.45, 7) is 0. The van der Waals surface area contributed by atoms with Crippen molar-refractivity contribution in [2.24, 2.45) is 0 Å². The molecule has 0 saturated carbocycles. The van der Waals surface area contributed by atoms with Crippen LogP contribution in [-0.4, -0.2) is 27.1 Å². The highest BCUT2D eigenvalue weighted by molar-refractivity contribution is 6.06. The van der Waals surface area contributed by atoms with Gasteiger partial charge in [-0.3, -0.25) is 4.79 Å². The normalized spacial score (nSPS) is 10.7. The van der Waals surface area contributed by atoms with Crippen LogP contribution in [0.1, 0.15) is 15.9 Å². The Balaban J connectivity index is 2.30. The Kier molecular flexibility index (Phi) is 5.52. The minimum atomic E-state index is -1.07. The van der Waals surface area contributed by atoms with Gasteiger partial charge in [-0.05, 0) is 42.0 Å². The van der Waals surface area contributed by atoms with Gasteiger partial charge in [0, 0.05) is 5.56 Å². The molecule has 4 nitrogen and oxygen atoms in total. The van der Waals surface area contributed by atoms with Crippen LogP contribution < -0.4 is 14.2 Å². The first-order valence-electron chi connectivity index (χ1n) is 6.97. The zero-order valence-electron chi connectivity index (χ0n) is 13.4. The number of halogens is 2. The van der Waals surface area contributed by atoms with Crippen LogP contribution in [0.5, 0.6) is 17.2 Å². The molecule has 6 heteroatoms. The zero-order valence-corrected chi connectivity index (χ0v) is 13.4. The van der Waals surface area contributed by atoms with Gasteiger partial charge in [0.25, 0.3) is 0 Å². The molecule has 2 aromatic rings. The van der Waals surface area contributed by atoms with Crippen molar-refractivity contribution in [3.8, 4) is 17.2 Å². The first-order chi connectivity index (χ1) is 11.5. The molecule has 2 aromatic carbocycles. The summed E-state index contributed by atoms with van der Waals surface area (Å²) in [5.41, 5.74) is 0.679. The summed E-state index contributed by atoms with van der Waals surface area (Å²) in [6, 6.07) is 6.32. The van der Waals surface area contributed by atoms with Crippen LogP contribution in [0.3, 0.4) is 0 Å². The van der Waals surface area contributed by atoms with Crippen LogP contribution >= 0.6 is 0 Å². The summed E-state index contributed by atoms with van der Waals surface area (Å²) in [7, 11) is 4.46. The van der Waals surface area contributed by atoms with Crippen molar-refractivity contribution in [2.75, 3.05) is 21.3 Å². The van der Waals surface area contributed by atoms with E-state index in [-0.39, 0.29) is 5.56 Å². The molecule has 0 bridgehead atoms. The first-order valence-corrected chi connectivity index (χ1v) is 6.97. The van der Waals surface area contributed by atoms with Crippen LogP contribution in [0.2, 0.25) is 0 Å². The van der Waals surface area contributed by atoms with Crippen molar-refractivity contribution >= 4 is 11.9 Å². The maximum atomic E-state index is 13.2. The van der Waals surface area contributed by atoms with Gasteiger partial charge in [0.1, 0.15) is 0 Å². The third-order valence-corrected chi connectivity index (χ3v) is 3.32. The van der Waals surface area contributed by atoms with Gasteiger partial charge in [0.05, 0.1) is 21.3 Å². The standard InChI is InChI=1S/C18H16F2O4/c1-22-16-8-11(9-17(23-2)18(16)24-3)4-7-15(21)12-5-6-13(19)14(20)10-12/h4-10H,1-3H3/b7-4+. The lowest BCUT2D eigenvalue weighted by Crippen LogP contribution is -1.97. The summed E-state index contributed by atoms with van der Waals surface area (Å²) in [5, 5.41) is 0. The molecule has 0 aliphatic heterocycles. The van der Waals surface area contributed by atoms with E-state index < -0.39 is 17.4 Å². The van der Waals surface area contributed by atoms with Gasteiger partial charge in [-0.1, -0.05) is 6.08 Å². The molecular formula is C18H16F2O4. The van der Waals surface area contributed by atoms with Gasteiger partial charge in [0.15, 0.2) is 28.9 Å². The largest absolute Gasteiger partial charge is 0.493 e. The van der Waals surface area contributed by atoms with Gasteiger partial charge in [0.2, 0.25) is 5.75 Å². The first kappa shape index (κ1) is 17.5. The smallest absolute Gasteiger partial charge is 0.203 e. The second-order valence-corrected chi connectivity index (χ2v) is 4.79. The molecule has 0 spiro atoms. The highest BCUT2D eigenvalue weighted by Crippen LogP contribution is 2.38. The van der Waals surface area contributed by atoms with Crippen LogP contribution in [0.15, 0.2) is 36.4 Å². The summed E-state index contributed by atoms with van der Waals surface area (Å²) in [6.07, 6.45) is 2.78. The van der Waals surface area contributed by atoms with Gasteiger partial charge in [-0.15, -0.1) is 0 Å². The number of hydrogen-bond acceptors (Lipinski definition) is 4. The topological polar surface area (TPSA) is 44.8 Å². The molecule has 0 N–H and O–H groups in total. The molecule has 0 radical (unpaired) electrons. The molecule has 0 amide bonds. The third-order valence-electron chi connectivity index (χ3n) is 3.32. The molecule has 126 valence electrons. The number of carbonyl (C=O) groups is 1. The minimum Gasteiger partial charge on any atom is -0.493 e. The lowest BCUT2D eigenvalue weighted by Gasteiger charge is -2.12. The Bertz CT molecular complexity index is 760. The number of rotatable bonds is 6. The summed E-state index contributed by atoms with van der Waals surface area (Å²) < 4.78 is 41.8. The fourth-order valence-corrected chi connectivity index (χ4v) is 2.12. The van der Waals surface area contributed by atoms with Gasteiger partial charge in [-0.2, -0.15) is 0 Å². The summed E-state index contributed by atoms with van der Waals surface area (Å²) in [5.74, 6) is -1.21. The average molecular weight is 334 g/mol. The zero-order chi connectivity index (χ0) is 17.7. The maximum Gasteiger partial charge on any atom is 0.203 e. The number of allylic oxidation sites excluding steroid dienone is 1. The number of benzene rings is 2. The molecule has 2 rings (SSSR count). The van der Waals surface area contributed by atoms with Crippen LogP contribution in [0.4, 0.5) is 8.78 Å². The Morgan fingerprint density at radius 2 is 1.54 bits per heavy atom. The fourth-order valence-electron chi connectivity index (χ4n) is 2.12. The molecule has 0 aliphatic carbocycles. The van der Waals surface area contributed by atoms with Crippen molar-refractivity contribution < 1.29 is 27.8 Å². The average Bonchev–Trinajstić information content (AvgIpc) is 2.60. The molecule has 0 fully saturated rings. The van der Waals surface area contributed by atoms with Crippen molar-refractivity contribution in [3.05, 3.63) is 59.2 Å². The van der Waals surface area contributed by atoms with E-state index in [9.17, 15) is 13.6 Å². The van der Waals surface area contributed by atoms with E-state index in [1.807, 2.05) is 0 Å². The molecule has 0 saturated heterocycles. The fraction of sp³-hybridized carbons (Fsp3) is 0.167. The van der Waals surface area contributed by atoms with Gasteiger partial charge in [-0.25, -0.2) is 8.78 Å². The number of ether oxygens (including phenoxy) is 3. The van der Waals surface area contributed by atoms with E-state index >= 15 is 0 Å². The second-order valence-electron chi connectivity index (χ2n) is 4.79. The Morgan fingerprint density at radius 1 is 0.917 bits per heavy atom. The lowest BCUT2D eigenvalue weighted by molar-refractivity contribution is 0.104. The second kappa shape index (κ2) is 7.59. The van der Waals surface area contributed by atoms with E-state index in [1.54, 1.807) is 12.1 Å². The van der Waals surface area contributed by atoms with E-state index in [1.165, 1.54) is 39.5 Å². The highest BCUT2D eigenvalue weighted by atomic mass is 19.2. The minimum absolute atomic E-state index is 0.0533. The Morgan fingerprint density at radius 3 is 2.04 bits per heavy atom.